The highest BCUT2D eigenvalue weighted by Crippen LogP contribution is 2.75. The number of hydrogen-bond acceptors (Lipinski definition) is 2. The Balaban J connectivity index is 1.90. The molecule has 2 aliphatic carbocycles. The first-order valence-corrected chi connectivity index (χ1v) is 13.9. The molecule has 2 rings (SSSR count). The van der Waals surface area contributed by atoms with Gasteiger partial charge in [-0.2, -0.15) is 0 Å². The molecule has 2 bridgehead atoms. The van der Waals surface area contributed by atoms with Crippen LogP contribution in [-0.4, -0.2) is 21.4 Å². The van der Waals surface area contributed by atoms with Crippen molar-refractivity contribution in [3.63, 3.8) is 0 Å². The molecule has 0 radical (unpaired) electrons. The molecule has 186 valence electrons. The molecule has 0 aromatic rings. The minimum absolute atomic E-state index is 0.00806. The number of aliphatic hydroxyl groups is 2. The SMILES string of the molecule is C=CCCCCCCCC[C@@]1(O)[C@@](O)(CCCCCCCCC=C)[C@H]2CC[C@]1(C)C2(C)C. The van der Waals surface area contributed by atoms with E-state index < -0.39 is 11.2 Å². The molecular formula is C30H54O2. The summed E-state index contributed by atoms with van der Waals surface area (Å²) < 4.78 is 0. The largest absolute Gasteiger partial charge is 0.387 e. The van der Waals surface area contributed by atoms with Gasteiger partial charge in [0.05, 0.1) is 11.2 Å². The van der Waals surface area contributed by atoms with Crippen LogP contribution in [0.3, 0.4) is 0 Å². The molecule has 0 saturated heterocycles. The smallest absolute Gasteiger partial charge is 0.0994 e. The molecule has 0 amide bonds. The molecule has 0 heterocycles. The van der Waals surface area contributed by atoms with Crippen molar-refractivity contribution in [2.24, 2.45) is 16.7 Å². The molecule has 4 atom stereocenters. The second-order valence-electron chi connectivity index (χ2n) is 11.8. The second kappa shape index (κ2) is 12.2. The van der Waals surface area contributed by atoms with E-state index in [0.29, 0.717) is 0 Å². The topological polar surface area (TPSA) is 40.5 Å². The van der Waals surface area contributed by atoms with Crippen LogP contribution in [0.25, 0.3) is 0 Å². The predicted molar refractivity (Wildman–Crippen MR) is 139 cm³/mol. The van der Waals surface area contributed by atoms with E-state index in [-0.39, 0.29) is 16.7 Å². The van der Waals surface area contributed by atoms with Gasteiger partial charge in [0.25, 0.3) is 0 Å². The van der Waals surface area contributed by atoms with Crippen LogP contribution in [0, 0.1) is 16.7 Å². The maximum Gasteiger partial charge on any atom is 0.0994 e. The number of hydrogen-bond donors (Lipinski definition) is 2. The molecule has 0 spiro atoms. The Morgan fingerprint density at radius 3 is 1.62 bits per heavy atom. The van der Waals surface area contributed by atoms with Crippen LogP contribution in [0.4, 0.5) is 0 Å². The Morgan fingerprint density at radius 2 is 1.12 bits per heavy atom. The third kappa shape index (κ3) is 5.38. The lowest BCUT2D eigenvalue weighted by Crippen LogP contribution is -2.61. The maximum absolute atomic E-state index is 12.2. The van der Waals surface area contributed by atoms with Crippen molar-refractivity contribution < 1.29 is 10.2 Å². The summed E-state index contributed by atoms with van der Waals surface area (Å²) in [5.41, 5.74) is -2.06. The minimum atomic E-state index is -0.945. The highest BCUT2D eigenvalue weighted by molar-refractivity contribution is 5.28. The molecule has 0 aromatic carbocycles. The summed E-state index contributed by atoms with van der Waals surface area (Å²) in [6.45, 7) is 14.5. The summed E-state index contributed by atoms with van der Waals surface area (Å²) in [5.74, 6) is 0.219. The van der Waals surface area contributed by atoms with Gasteiger partial charge < -0.3 is 10.2 Å². The predicted octanol–water partition coefficient (Wildman–Crippen LogP) is 8.52. The summed E-state index contributed by atoms with van der Waals surface area (Å²) in [5, 5.41) is 24.3. The summed E-state index contributed by atoms with van der Waals surface area (Å²) >= 11 is 0. The maximum atomic E-state index is 12.2. The van der Waals surface area contributed by atoms with Crippen LogP contribution in [0.15, 0.2) is 25.3 Å². The zero-order chi connectivity index (χ0) is 23.7. The van der Waals surface area contributed by atoms with E-state index in [4.69, 9.17) is 0 Å². The Kier molecular flexibility index (Phi) is 10.5. The number of allylic oxidation sites excluding steroid dienone is 2. The normalized spacial score (nSPS) is 33.0. The van der Waals surface area contributed by atoms with Crippen LogP contribution in [-0.2, 0) is 0 Å². The fourth-order valence-electron chi connectivity index (χ4n) is 7.48. The Bertz CT molecular complexity index is 581. The van der Waals surface area contributed by atoms with Crippen molar-refractivity contribution in [3.05, 3.63) is 25.3 Å². The van der Waals surface area contributed by atoms with Crippen LogP contribution in [0.1, 0.15) is 136 Å². The first-order chi connectivity index (χ1) is 15.2. The Labute approximate surface area is 200 Å². The van der Waals surface area contributed by atoms with E-state index in [0.717, 1.165) is 51.4 Å². The molecule has 2 heteroatoms. The van der Waals surface area contributed by atoms with Crippen molar-refractivity contribution in [1.82, 2.24) is 0 Å². The zero-order valence-electron chi connectivity index (χ0n) is 21.8. The molecule has 2 fully saturated rings. The summed E-state index contributed by atoms with van der Waals surface area (Å²) in [4.78, 5) is 0. The third-order valence-electron chi connectivity index (χ3n) is 9.84. The summed E-state index contributed by atoms with van der Waals surface area (Å²) in [6, 6.07) is 0. The lowest BCUT2D eigenvalue weighted by atomic mass is 9.59. The average Bonchev–Trinajstić information content (AvgIpc) is 3.05. The lowest BCUT2D eigenvalue weighted by Gasteiger charge is -2.52. The Hall–Kier alpha value is -0.600. The first kappa shape index (κ1) is 27.6. The minimum Gasteiger partial charge on any atom is -0.387 e. The Morgan fingerprint density at radius 1 is 0.688 bits per heavy atom. The molecule has 2 nitrogen and oxygen atoms in total. The van der Waals surface area contributed by atoms with Crippen molar-refractivity contribution in [3.8, 4) is 0 Å². The van der Waals surface area contributed by atoms with Gasteiger partial charge in [-0.15, -0.1) is 13.2 Å². The van der Waals surface area contributed by atoms with Crippen molar-refractivity contribution >= 4 is 0 Å². The molecule has 32 heavy (non-hydrogen) atoms. The highest BCUT2D eigenvalue weighted by atomic mass is 16.4. The van der Waals surface area contributed by atoms with Crippen LogP contribution < -0.4 is 0 Å². The van der Waals surface area contributed by atoms with Crippen molar-refractivity contribution in [2.45, 2.75) is 148 Å². The third-order valence-corrected chi connectivity index (χ3v) is 9.84. The molecule has 2 aliphatic rings. The van der Waals surface area contributed by atoms with E-state index in [2.05, 4.69) is 33.9 Å². The van der Waals surface area contributed by atoms with E-state index in [9.17, 15) is 10.2 Å². The molecule has 0 aromatic heterocycles. The quantitative estimate of drug-likeness (QED) is 0.164. The van der Waals surface area contributed by atoms with Gasteiger partial charge in [0.15, 0.2) is 0 Å². The molecular weight excluding hydrogens is 392 g/mol. The van der Waals surface area contributed by atoms with Gasteiger partial charge in [-0.3, -0.25) is 0 Å². The van der Waals surface area contributed by atoms with Gasteiger partial charge in [0.1, 0.15) is 0 Å². The lowest BCUT2D eigenvalue weighted by molar-refractivity contribution is -0.214. The number of fused-ring (bicyclic) bond motifs is 2. The van der Waals surface area contributed by atoms with Crippen LogP contribution in [0.2, 0.25) is 0 Å². The zero-order valence-corrected chi connectivity index (χ0v) is 21.8. The van der Waals surface area contributed by atoms with E-state index in [1.807, 2.05) is 12.2 Å². The summed E-state index contributed by atoms with van der Waals surface area (Å²) in [7, 11) is 0. The second-order valence-corrected chi connectivity index (χ2v) is 11.8. The fraction of sp³-hybridized carbons (Fsp3) is 0.867. The van der Waals surface area contributed by atoms with Gasteiger partial charge >= 0.3 is 0 Å². The van der Waals surface area contributed by atoms with Gasteiger partial charge in [0.2, 0.25) is 0 Å². The van der Waals surface area contributed by atoms with Gasteiger partial charge in [-0.05, 0) is 62.7 Å². The van der Waals surface area contributed by atoms with E-state index >= 15 is 0 Å². The van der Waals surface area contributed by atoms with Crippen molar-refractivity contribution in [1.29, 1.82) is 0 Å². The van der Waals surface area contributed by atoms with Crippen LogP contribution in [0.5, 0.6) is 0 Å². The number of unbranched alkanes of at least 4 members (excludes halogenated alkanes) is 12. The molecule has 0 unspecified atom stereocenters. The van der Waals surface area contributed by atoms with E-state index in [1.54, 1.807) is 0 Å². The van der Waals surface area contributed by atoms with Crippen molar-refractivity contribution in [2.75, 3.05) is 0 Å². The van der Waals surface area contributed by atoms with Gasteiger partial charge in [0, 0.05) is 5.41 Å². The fourth-order valence-corrected chi connectivity index (χ4v) is 7.48. The first-order valence-electron chi connectivity index (χ1n) is 13.9. The van der Waals surface area contributed by atoms with E-state index in [1.165, 1.54) is 64.2 Å². The monoisotopic (exact) mass is 446 g/mol. The van der Waals surface area contributed by atoms with Gasteiger partial charge in [-0.25, -0.2) is 0 Å². The molecule has 2 saturated carbocycles. The number of rotatable bonds is 18. The molecule has 2 N–H and O–H groups in total. The highest BCUT2D eigenvalue weighted by Gasteiger charge is 2.78. The average molecular weight is 447 g/mol. The molecule has 0 aliphatic heterocycles. The van der Waals surface area contributed by atoms with Crippen LogP contribution >= 0.6 is 0 Å². The standard InChI is InChI=1S/C30H54O2/c1-6-8-10-12-14-16-18-20-23-29(31)26-22-25-28(5,27(26,3)4)30(29,32)24-21-19-17-15-13-11-9-7-2/h6-7,26,31-32H,1-2,8-25H2,3-5H3/t26-,28+,29+,30-/m0/s1. The summed E-state index contributed by atoms with van der Waals surface area (Å²) in [6.07, 6.45) is 24.4. The van der Waals surface area contributed by atoms with Gasteiger partial charge in [-0.1, -0.05) is 97.1 Å².